The van der Waals surface area contributed by atoms with Crippen molar-refractivity contribution in [3.63, 3.8) is 0 Å². The van der Waals surface area contributed by atoms with Gasteiger partial charge in [-0.15, -0.1) is 0 Å². The van der Waals surface area contributed by atoms with Gasteiger partial charge in [-0.1, -0.05) is 0 Å². The third kappa shape index (κ3) is 2.52. The number of nitriles is 1. The number of aromatic nitrogens is 2. The molecule has 98 valence electrons. The lowest BCUT2D eigenvalue weighted by Gasteiger charge is -2.08. The minimum atomic E-state index is -4.37. The Bertz CT molecular complexity index is 620. The lowest BCUT2D eigenvalue weighted by molar-refractivity contribution is -0.137. The molecule has 2 rings (SSSR count). The number of rotatable bonds is 2. The van der Waals surface area contributed by atoms with Gasteiger partial charge in [0.05, 0.1) is 29.9 Å². The van der Waals surface area contributed by atoms with Gasteiger partial charge in [0.25, 0.3) is 0 Å². The smallest absolute Gasteiger partial charge is 0.383 e. The van der Waals surface area contributed by atoms with E-state index in [1.54, 1.807) is 0 Å². The first-order chi connectivity index (χ1) is 8.93. The van der Waals surface area contributed by atoms with Gasteiger partial charge in [-0.25, -0.2) is 4.68 Å². The van der Waals surface area contributed by atoms with Crippen LogP contribution in [0.25, 0.3) is 5.69 Å². The zero-order valence-electron chi connectivity index (χ0n) is 9.65. The van der Waals surface area contributed by atoms with Crippen LogP contribution in [-0.2, 0) is 12.6 Å². The number of anilines is 1. The summed E-state index contributed by atoms with van der Waals surface area (Å²) in [4.78, 5) is 0. The van der Waals surface area contributed by atoms with Crippen molar-refractivity contribution >= 4 is 5.82 Å². The molecule has 0 bridgehead atoms. The topological polar surface area (TPSA) is 67.6 Å². The molecule has 0 spiro atoms. The molecule has 0 saturated heterocycles. The molecule has 2 N–H and O–H groups in total. The fourth-order valence-corrected chi connectivity index (χ4v) is 1.61. The van der Waals surface area contributed by atoms with E-state index in [0.717, 1.165) is 12.1 Å². The van der Waals surface area contributed by atoms with Crippen LogP contribution in [0.2, 0.25) is 0 Å². The highest BCUT2D eigenvalue weighted by Gasteiger charge is 2.30. The first-order valence-corrected chi connectivity index (χ1v) is 5.30. The number of nitrogens with zero attached hydrogens (tertiary/aromatic N) is 3. The number of halogens is 3. The van der Waals surface area contributed by atoms with Crippen molar-refractivity contribution in [1.29, 1.82) is 5.26 Å². The zero-order chi connectivity index (χ0) is 14.0. The van der Waals surface area contributed by atoms with Crippen molar-refractivity contribution in [2.45, 2.75) is 12.6 Å². The van der Waals surface area contributed by atoms with Crippen LogP contribution in [0, 0.1) is 11.3 Å². The second kappa shape index (κ2) is 4.65. The lowest BCUT2D eigenvalue weighted by Crippen LogP contribution is -2.06. The minimum absolute atomic E-state index is 0.104. The van der Waals surface area contributed by atoms with Gasteiger partial charge in [0.1, 0.15) is 5.82 Å². The number of hydrogen-bond acceptors (Lipinski definition) is 3. The van der Waals surface area contributed by atoms with Gasteiger partial charge in [-0.3, -0.25) is 0 Å². The van der Waals surface area contributed by atoms with E-state index in [-0.39, 0.29) is 12.2 Å². The van der Waals surface area contributed by atoms with Crippen LogP contribution in [0.15, 0.2) is 30.5 Å². The average Bonchev–Trinajstić information content (AvgIpc) is 2.71. The van der Waals surface area contributed by atoms with Gasteiger partial charge in [0.15, 0.2) is 0 Å². The first kappa shape index (κ1) is 13.0. The summed E-state index contributed by atoms with van der Waals surface area (Å²) in [5, 5.41) is 12.5. The molecule has 19 heavy (non-hydrogen) atoms. The van der Waals surface area contributed by atoms with E-state index in [2.05, 4.69) is 5.10 Å². The van der Waals surface area contributed by atoms with Crippen molar-refractivity contribution in [2.75, 3.05) is 5.73 Å². The number of alkyl halides is 3. The van der Waals surface area contributed by atoms with E-state index < -0.39 is 11.7 Å². The summed E-state index contributed by atoms with van der Waals surface area (Å²) in [6, 6.07) is 6.41. The molecule has 1 heterocycles. The van der Waals surface area contributed by atoms with E-state index in [1.807, 2.05) is 6.07 Å². The van der Waals surface area contributed by atoms with Gasteiger partial charge < -0.3 is 5.73 Å². The van der Waals surface area contributed by atoms with Crippen molar-refractivity contribution in [1.82, 2.24) is 9.78 Å². The maximum absolute atomic E-state index is 12.4. The van der Waals surface area contributed by atoms with Crippen LogP contribution < -0.4 is 5.73 Å². The molecule has 0 radical (unpaired) electrons. The number of hydrogen-bond donors (Lipinski definition) is 1. The van der Waals surface area contributed by atoms with Crippen molar-refractivity contribution in [3.05, 3.63) is 41.6 Å². The van der Waals surface area contributed by atoms with E-state index in [4.69, 9.17) is 11.0 Å². The van der Waals surface area contributed by atoms with Gasteiger partial charge in [0, 0.05) is 5.56 Å². The van der Waals surface area contributed by atoms with Crippen molar-refractivity contribution in [3.8, 4) is 11.8 Å². The minimum Gasteiger partial charge on any atom is -0.383 e. The fourth-order valence-electron chi connectivity index (χ4n) is 1.61. The Morgan fingerprint density at radius 1 is 1.26 bits per heavy atom. The Kier molecular flexibility index (Phi) is 3.17. The SMILES string of the molecule is N#CCc1cnn(-c2ccc(C(F)(F)F)cc2)c1N. The Balaban J connectivity index is 2.36. The maximum atomic E-state index is 12.4. The molecule has 1 aromatic carbocycles. The molecule has 4 nitrogen and oxygen atoms in total. The van der Waals surface area contributed by atoms with Crippen LogP contribution in [-0.4, -0.2) is 9.78 Å². The number of benzene rings is 1. The summed E-state index contributed by atoms with van der Waals surface area (Å²) >= 11 is 0. The maximum Gasteiger partial charge on any atom is 0.416 e. The molecule has 1 aromatic heterocycles. The second-order valence-electron chi connectivity index (χ2n) is 3.85. The van der Waals surface area contributed by atoms with Gasteiger partial charge in [-0.05, 0) is 24.3 Å². The predicted molar refractivity (Wildman–Crippen MR) is 62.3 cm³/mol. The Morgan fingerprint density at radius 2 is 1.89 bits per heavy atom. The van der Waals surface area contributed by atoms with Crippen LogP contribution in [0.5, 0.6) is 0 Å². The molecule has 0 aliphatic rings. The lowest BCUT2D eigenvalue weighted by atomic mass is 10.2. The Morgan fingerprint density at radius 3 is 2.42 bits per heavy atom. The molecule has 0 atom stereocenters. The molecule has 0 fully saturated rings. The summed E-state index contributed by atoms with van der Waals surface area (Å²) in [6.07, 6.45) is -2.84. The van der Waals surface area contributed by atoms with Gasteiger partial charge >= 0.3 is 6.18 Å². The van der Waals surface area contributed by atoms with Crippen molar-refractivity contribution < 1.29 is 13.2 Å². The summed E-state index contributed by atoms with van der Waals surface area (Å²) < 4.78 is 38.6. The van der Waals surface area contributed by atoms with E-state index >= 15 is 0 Å². The third-order valence-corrected chi connectivity index (χ3v) is 2.59. The molecular weight excluding hydrogens is 257 g/mol. The van der Waals surface area contributed by atoms with Crippen LogP contribution in [0.4, 0.5) is 19.0 Å². The highest BCUT2D eigenvalue weighted by atomic mass is 19.4. The zero-order valence-corrected chi connectivity index (χ0v) is 9.65. The Labute approximate surface area is 106 Å². The Hall–Kier alpha value is -2.49. The quantitative estimate of drug-likeness (QED) is 0.908. The third-order valence-electron chi connectivity index (χ3n) is 2.59. The predicted octanol–water partition coefficient (Wildman–Crippen LogP) is 2.54. The average molecular weight is 266 g/mol. The summed E-state index contributed by atoms with van der Waals surface area (Å²) in [7, 11) is 0. The fraction of sp³-hybridized carbons (Fsp3) is 0.167. The molecule has 0 aliphatic heterocycles. The van der Waals surface area contributed by atoms with Crippen LogP contribution >= 0.6 is 0 Å². The van der Waals surface area contributed by atoms with E-state index in [0.29, 0.717) is 11.3 Å². The van der Waals surface area contributed by atoms with E-state index in [9.17, 15) is 13.2 Å². The monoisotopic (exact) mass is 266 g/mol. The van der Waals surface area contributed by atoms with Crippen molar-refractivity contribution in [2.24, 2.45) is 0 Å². The molecule has 0 aliphatic carbocycles. The normalized spacial score (nSPS) is 11.3. The van der Waals surface area contributed by atoms with Gasteiger partial charge in [0.2, 0.25) is 0 Å². The number of nitrogen functional groups attached to an aromatic ring is 1. The molecular formula is C12H9F3N4. The molecule has 2 aromatic rings. The number of nitrogens with two attached hydrogens (primary N) is 1. The van der Waals surface area contributed by atoms with Crippen LogP contribution in [0.1, 0.15) is 11.1 Å². The summed E-state index contributed by atoms with van der Waals surface area (Å²) in [5.74, 6) is 0.251. The van der Waals surface area contributed by atoms with E-state index in [1.165, 1.54) is 23.0 Å². The molecule has 0 amide bonds. The molecule has 7 heteroatoms. The largest absolute Gasteiger partial charge is 0.416 e. The standard InChI is InChI=1S/C12H9F3N4/c13-12(14,15)9-1-3-10(4-2-9)19-11(17)8(5-6-16)7-18-19/h1-4,7H,5,17H2. The van der Waals surface area contributed by atoms with Crippen LogP contribution in [0.3, 0.4) is 0 Å². The second-order valence-corrected chi connectivity index (χ2v) is 3.85. The summed E-state index contributed by atoms with van der Waals surface area (Å²) in [6.45, 7) is 0. The molecule has 0 saturated carbocycles. The summed E-state index contributed by atoms with van der Waals surface area (Å²) in [5.41, 5.74) is 5.99. The first-order valence-electron chi connectivity index (χ1n) is 5.30. The van der Waals surface area contributed by atoms with Gasteiger partial charge in [-0.2, -0.15) is 23.5 Å². The molecule has 0 unspecified atom stereocenters. The highest BCUT2D eigenvalue weighted by Crippen LogP contribution is 2.30. The highest BCUT2D eigenvalue weighted by molar-refractivity contribution is 5.48.